The third-order valence-corrected chi connectivity index (χ3v) is 5.90. The maximum atomic E-state index is 12.8. The zero-order valence-electron chi connectivity index (χ0n) is 12.8. The van der Waals surface area contributed by atoms with Crippen LogP contribution in [0.3, 0.4) is 0 Å². The lowest BCUT2D eigenvalue weighted by atomic mass is 10.3. The van der Waals surface area contributed by atoms with Crippen molar-refractivity contribution in [1.82, 2.24) is 14.1 Å². The van der Waals surface area contributed by atoms with Crippen molar-refractivity contribution in [3.63, 3.8) is 0 Å². The molecule has 20 heavy (non-hydrogen) atoms. The monoisotopic (exact) mass is 301 g/mol. The molecule has 0 spiro atoms. The van der Waals surface area contributed by atoms with Gasteiger partial charge >= 0.3 is 0 Å². The van der Waals surface area contributed by atoms with E-state index < -0.39 is 10.0 Å². The van der Waals surface area contributed by atoms with Crippen LogP contribution >= 0.6 is 0 Å². The minimum absolute atomic E-state index is 0.00877. The van der Waals surface area contributed by atoms with E-state index in [-0.39, 0.29) is 12.1 Å². The molecule has 7 heteroatoms. The zero-order valence-corrected chi connectivity index (χ0v) is 13.6. The van der Waals surface area contributed by atoms with Crippen molar-refractivity contribution in [1.29, 1.82) is 0 Å². The van der Waals surface area contributed by atoms with Crippen molar-refractivity contribution in [2.24, 2.45) is 0 Å². The first-order valence-electron chi connectivity index (χ1n) is 6.87. The molecule has 0 aromatic carbocycles. The first kappa shape index (κ1) is 15.5. The Kier molecular flexibility index (Phi) is 4.22. The van der Waals surface area contributed by atoms with Crippen LogP contribution in [0, 0.1) is 13.8 Å². The highest BCUT2D eigenvalue weighted by atomic mass is 32.2. The number of nitrogens with zero attached hydrogens (tertiary/aromatic N) is 3. The number of ether oxygens (including phenoxy) is 1. The zero-order chi connectivity index (χ0) is 15.1. The highest BCUT2D eigenvalue weighted by Gasteiger charge is 2.36. The predicted molar refractivity (Wildman–Crippen MR) is 76.3 cm³/mol. The molecule has 0 N–H and O–H groups in total. The molecule has 1 aromatic rings. The van der Waals surface area contributed by atoms with Crippen molar-refractivity contribution in [2.45, 2.75) is 51.2 Å². The molecule has 0 aliphatic carbocycles. The maximum absolute atomic E-state index is 12.8. The van der Waals surface area contributed by atoms with Gasteiger partial charge in [-0.25, -0.2) is 8.42 Å². The first-order chi connectivity index (χ1) is 9.28. The normalized spacial score (nSPS) is 21.0. The Morgan fingerprint density at radius 1 is 1.35 bits per heavy atom. The molecule has 6 nitrogen and oxygen atoms in total. The Morgan fingerprint density at radius 2 is 2.00 bits per heavy atom. The number of aromatic nitrogens is 2. The van der Waals surface area contributed by atoms with E-state index in [2.05, 4.69) is 5.10 Å². The number of methoxy groups -OCH3 is 1. The molecule has 1 aliphatic heterocycles. The summed E-state index contributed by atoms with van der Waals surface area (Å²) in [5, 5.41) is 4.37. The molecule has 2 rings (SSSR count). The summed E-state index contributed by atoms with van der Waals surface area (Å²) in [6.07, 6.45) is 0.733. The second-order valence-electron chi connectivity index (χ2n) is 5.55. The van der Waals surface area contributed by atoms with Crippen LogP contribution in [-0.2, 0) is 14.8 Å². The molecule has 1 fully saturated rings. The van der Waals surface area contributed by atoms with Gasteiger partial charge in [0, 0.05) is 26.2 Å². The number of sulfonamides is 1. The Balaban J connectivity index is 2.40. The average molecular weight is 301 g/mol. The van der Waals surface area contributed by atoms with Gasteiger partial charge in [0.15, 0.2) is 0 Å². The van der Waals surface area contributed by atoms with Gasteiger partial charge in [-0.15, -0.1) is 0 Å². The third-order valence-electron chi connectivity index (χ3n) is 3.79. The van der Waals surface area contributed by atoms with Gasteiger partial charge < -0.3 is 4.74 Å². The second kappa shape index (κ2) is 5.46. The molecule has 1 saturated heterocycles. The number of aryl methyl sites for hydroxylation is 1. The molecular formula is C13H23N3O3S. The number of rotatable bonds is 4. The molecule has 1 atom stereocenters. The minimum atomic E-state index is -3.49. The van der Waals surface area contributed by atoms with Crippen LogP contribution in [0.4, 0.5) is 0 Å². The molecule has 0 amide bonds. The fourth-order valence-electron chi connectivity index (χ4n) is 2.76. The van der Waals surface area contributed by atoms with Gasteiger partial charge in [0.05, 0.1) is 17.5 Å². The third kappa shape index (κ3) is 2.49. The van der Waals surface area contributed by atoms with Crippen molar-refractivity contribution >= 4 is 10.0 Å². The van der Waals surface area contributed by atoms with Gasteiger partial charge in [-0.2, -0.15) is 9.40 Å². The summed E-state index contributed by atoms with van der Waals surface area (Å²) in [6.45, 7) is 8.48. The SMILES string of the molecule is COC1CCN(S(=O)(=O)c2c(C)nn(C(C)C)c2C)C1. The van der Waals surface area contributed by atoms with Gasteiger partial charge in [0.1, 0.15) is 4.90 Å². The van der Waals surface area contributed by atoms with E-state index in [4.69, 9.17) is 4.74 Å². The molecule has 1 unspecified atom stereocenters. The van der Waals surface area contributed by atoms with Crippen molar-refractivity contribution in [2.75, 3.05) is 20.2 Å². The van der Waals surface area contributed by atoms with Crippen LogP contribution < -0.4 is 0 Å². The molecule has 114 valence electrons. The van der Waals surface area contributed by atoms with Crippen LogP contribution in [0.15, 0.2) is 4.90 Å². The largest absolute Gasteiger partial charge is 0.380 e. The minimum Gasteiger partial charge on any atom is -0.380 e. The van der Waals surface area contributed by atoms with E-state index in [9.17, 15) is 8.42 Å². The van der Waals surface area contributed by atoms with Gasteiger partial charge in [-0.1, -0.05) is 0 Å². The topological polar surface area (TPSA) is 64.4 Å². The quantitative estimate of drug-likeness (QED) is 0.845. The van der Waals surface area contributed by atoms with Gasteiger partial charge in [-0.05, 0) is 34.1 Å². The highest BCUT2D eigenvalue weighted by molar-refractivity contribution is 7.89. The summed E-state index contributed by atoms with van der Waals surface area (Å²) in [5.74, 6) is 0. The molecule has 0 radical (unpaired) electrons. The number of hydrogen-bond donors (Lipinski definition) is 0. The van der Waals surface area contributed by atoms with Gasteiger partial charge in [0.2, 0.25) is 10.0 Å². The molecule has 0 bridgehead atoms. The fourth-order valence-corrected chi connectivity index (χ4v) is 4.61. The fraction of sp³-hybridized carbons (Fsp3) is 0.769. The van der Waals surface area contributed by atoms with Crippen LogP contribution in [-0.4, -0.2) is 48.8 Å². The summed E-state index contributed by atoms with van der Waals surface area (Å²) >= 11 is 0. The van der Waals surface area contributed by atoms with Crippen LogP contribution in [0.5, 0.6) is 0 Å². The van der Waals surface area contributed by atoms with Crippen molar-refractivity contribution < 1.29 is 13.2 Å². The molecule has 1 aromatic heterocycles. The van der Waals surface area contributed by atoms with E-state index >= 15 is 0 Å². The Morgan fingerprint density at radius 3 is 2.45 bits per heavy atom. The summed E-state index contributed by atoms with van der Waals surface area (Å²) in [5.41, 5.74) is 1.27. The van der Waals surface area contributed by atoms with Gasteiger partial charge in [0.25, 0.3) is 0 Å². The predicted octanol–water partition coefficient (Wildman–Crippen LogP) is 1.49. The van der Waals surface area contributed by atoms with Crippen molar-refractivity contribution in [3.05, 3.63) is 11.4 Å². The van der Waals surface area contributed by atoms with Crippen LogP contribution in [0.25, 0.3) is 0 Å². The lowest BCUT2D eigenvalue weighted by molar-refractivity contribution is 0.115. The summed E-state index contributed by atoms with van der Waals surface area (Å²) in [7, 11) is -1.87. The Labute approximate surface area is 120 Å². The molecule has 1 aliphatic rings. The van der Waals surface area contributed by atoms with Crippen molar-refractivity contribution in [3.8, 4) is 0 Å². The van der Waals surface area contributed by atoms with Crippen LogP contribution in [0.1, 0.15) is 37.7 Å². The lowest BCUT2D eigenvalue weighted by Gasteiger charge is -2.17. The van der Waals surface area contributed by atoms with E-state index in [1.807, 2.05) is 20.8 Å². The van der Waals surface area contributed by atoms with Crippen LogP contribution in [0.2, 0.25) is 0 Å². The van der Waals surface area contributed by atoms with E-state index in [0.717, 1.165) is 6.42 Å². The molecule has 0 saturated carbocycles. The smallest absolute Gasteiger partial charge is 0.246 e. The summed E-state index contributed by atoms with van der Waals surface area (Å²) in [6, 6.07) is 0.142. The molecular weight excluding hydrogens is 278 g/mol. The van der Waals surface area contributed by atoms with Gasteiger partial charge in [-0.3, -0.25) is 4.68 Å². The van der Waals surface area contributed by atoms with E-state index in [0.29, 0.717) is 29.4 Å². The standard InChI is InChI=1S/C13H23N3O3S/c1-9(2)16-11(4)13(10(3)14-16)20(17,18)15-7-6-12(8-15)19-5/h9,12H,6-8H2,1-5H3. The maximum Gasteiger partial charge on any atom is 0.246 e. The average Bonchev–Trinajstić information content (AvgIpc) is 2.94. The van der Waals surface area contributed by atoms with E-state index in [1.165, 1.54) is 4.31 Å². The second-order valence-corrected chi connectivity index (χ2v) is 7.42. The summed E-state index contributed by atoms with van der Waals surface area (Å²) < 4.78 is 34.1. The highest BCUT2D eigenvalue weighted by Crippen LogP contribution is 2.28. The Bertz CT molecular complexity index is 592. The Hall–Kier alpha value is -0.920. The van der Waals surface area contributed by atoms with E-state index in [1.54, 1.807) is 18.7 Å². The lowest BCUT2D eigenvalue weighted by Crippen LogP contribution is -2.30. The first-order valence-corrected chi connectivity index (χ1v) is 8.31. The molecule has 2 heterocycles. The summed E-state index contributed by atoms with van der Waals surface area (Å²) in [4.78, 5) is 0.350. The number of hydrogen-bond acceptors (Lipinski definition) is 4.